The molecule has 0 aliphatic heterocycles. The number of hydrogen-bond acceptors (Lipinski definition) is 3. The summed E-state index contributed by atoms with van der Waals surface area (Å²) >= 11 is 0. The molecule has 8 aromatic rings. The molecule has 0 aliphatic carbocycles. The molecule has 0 aliphatic rings. The van der Waals surface area contributed by atoms with Gasteiger partial charge in [-0.15, -0.1) is 0 Å². The molecule has 3 heteroatoms. The van der Waals surface area contributed by atoms with E-state index in [1.165, 1.54) is 0 Å². The lowest BCUT2D eigenvalue weighted by atomic mass is 9.89. The fraction of sp³-hybridized carbons (Fsp3) is 0. The second-order valence-electron chi connectivity index (χ2n) is 10.0. The Morgan fingerprint density at radius 2 is 0.850 bits per heavy atom. The first kappa shape index (κ1) is 22.4. The molecule has 0 saturated heterocycles. The molecule has 0 fully saturated rings. The first-order valence-corrected chi connectivity index (χ1v) is 13.2. The van der Waals surface area contributed by atoms with Crippen LogP contribution >= 0.6 is 0 Å². The van der Waals surface area contributed by atoms with Crippen molar-refractivity contribution >= 4 is 43.9 Å². The number of fused-ring (bicyclic) bond motifs is 6. The smallest absolute Gasteiger partial charge is 0.136 e. The van der Waals surface area contributed by atoms with Gasteiger partial charge in [-0.1, -0.05) is 78.9 Å². The molecule has 0 N–H and O–H groups in total. The molecule has 0 bridgehead atoms. The number of para-hydroxylation sites is 2. The number of furan rings is 2. The summed E-state index contributed by atoms with van der Waals surface area (Å²) in [6.07, 6.45) is 0. The largest absolute Gasteiger partial charge is 0.456 e. The number of nitrogens with zero attached hydrogens (tertiary/aromatic N) is 1. The van der Waals surface area contributed by atoms with Crippen LogP contribution in [0.25, 0.3) is 77.3 Å². The Morgan fingerprint density at radius 3 is 1.40 bits per heavy atom. The number of hydrogen-bond donors (Lipinski definition) is 0. The maximum absolute atomic E-state index is 9.94. The molecular formula is C37H21NO2. The van der Waals surface area contributed by atoms with Gasteiger partial charge in [0.1, 0.15) is 22.3 Å². The number of rotatable bonds is 3. The van der Waals surface area contributed by atoms with E-state index < -0.39 is 0 Å². The van der Waals surface area contributed by atoms with E-state index in [2.05, 4.69) is 48.5 Å². The van der Waals surface area contributed by atoms with E-state index in [0.717, 1.165) is 77.3 Å². The molecule has 3 nitrogen and oxygen atoms in total. The van der Waals surface area contributed by atoms with E-state index >= 15 is 0 Å². The van der Waals surface area contributed by atoms with Crippen molar-refractivity contribution in [1.29, 1.82) is 5.26 Å². The fourth-order valence-electron chi connectivity index (χ4n) is 5.96. The summed E-state index contributed by atoms with van der Waals surface area (Å²) in [5, 5.41) is 14.3. The lowest BCUT2D eigenvalue weighted by Gasteiger charge is -2.13. The van der Waals surface area contributed by atoms with Crippen LogP contribution in [0.15, 0.2) is 136 Å². The Bertz CT molecular complexity index is 2160. The highest BCUT2D eigenvalue weighted by Gasteiger charge is 2.17. The van der Waals surface area contributed by atoms with Crippen LogP contribution in [0.2, 0.25) is 0 Å². The van der Waals surface area contributed by atoms with E-state index in [9.17, 15) is 5.26 Å². The Kier molecular flexibility index (Phi) is 4.89. The van der Waals surface area contributed by atoms with Crippen LogP contribution in [-0.2, 0) is 0 Å². The molecule has 0 atom stereocenters. The van der Waals surface area contributed by atoms with Crippen molar-refractivity contribution in [3.8, 4) is 39.4 Å². The topological polar surface area (TPSA) is 50.1 Å². The van der Waals surface area contributed by atoms with Gasteiger partial charge in [0, 0.05) is 21.5 Å². The van der Waals surface area contributed by atoms with Crippen LogP contribution in [-0.4, -0.2) is 0 Å². The van der Waals surface area contributed by atoms with Gasteiger partial charge in [0.2, 0.25) is 0 Å². The molecule has 2 heterocycles. The summed E-state index contributed by atoms with van der Waals surface area (Å²) in [6.45, 7) is 0. The minimum atomic E-state index is 0.643. The van der Waals surface area contributed by atoms with Crippen molar-refractivity contribution < 1.29 is 8.83 Å². The number of nitriles is 1. The SMILES string of the molecule is N#Cc1ccccc1-c1cc(-c2cccc3oc4ccccc4c23)cc(-c2cccc3oc4ccccc4c23)c1. The molecule has 0 saturated carbocycles. The summed E-state index contributed by atoms with van der Waals surface area (Å²) in [4.78, 5) is 0. The van der Waals surface area contributed by atoms with Crippen molar-refractivity contribution in [3.05, 3.63) is 133 Å². The van der Waals surface area contributed by atoms with Gasteiger partial charge >= 0.3 is 0 Å². The lowest BCUT2D eigenvalue weighted by molar-refractivity contribution is 0.668. The highest BCUT2D eigenvalue weighted by atomic mass is 16.3. The van der Waals surface area contributed by atoms with Crippen LogP contribution in [0.4, 0.5) is 0 Å². The third kappa shape index (κ3) is 3.37. The van der Waals surface area contributed by atoms with Gasteiger partial charge in [0.25, 0.3) is 0 Å². The molecule has 0 radical (unpaired) electrons. The summed E-state index contributed by atoms with van der Waals surface area (Å²) < 4.78 is 12.4. The van der Waals surface area contributed by atoms with Crippen LogP contribution in [0.3, 0.4) is 0 Å². The number of benzene rings is 6. The van der Waals surface area contributed by atoms with Crippen LogP contribution in [0.5, 0.6) is 0 Å². The zero-order valence-corrected chi connectivity index (χ0v) is 21.4. The highest BCUT2D eigenvalue weighted by molar-refractivity contribution is 6.14. The Labute approximate surface area is 230 Å². The first-order valence-electron chi connectivity index (χ1n) is 13.2. The minimum Gasteiger partial charge on any atom is -0.456 e. The monoisotopic (exact) mass is 511 g/mol. The third-order valence-electron chi connectivity index (χ3n) is 7.72. The second-order valence-corrected chi connectivity index (χ2v) is 10.0. The Hall–Kier alpha value is -5.59. The molecule has 0 spiro atoms. The Morgan fingerprint density at radius 1 is 0.425 bits per heavy atom. The average Bonchev–Trinajstić information content (AvgIpc) is 3.59. The van der Waals surface area contributed by atoms with Crippen molar-refractivity contribution in [2.75, 3.05) is 0 Å². The Balaban J connectivity index is 1.47. The van der Waals surface area contributed by atoms with Gasteiger partial charge < -0.3 is 8.83 Å². The standard InChI is InChI=1S/C37H21NO2/c38-22-23-9-1-2-10-27(23)24-19-25(28-13-7-17-34-36(28)30-11-3-5-15-32(30)39-34)21-26(20-24)29-14-8-18-35-37(29)31-12-4-6-16-33(31)40-35/h1-21H. The zero-order chi connectivity index (χ0) is 26.6. The molecule has 40 heavy (non-hydrogen) atoms. The van der Waals surface area contributed by atoms with Gasteiger partial charge in [0.05, 0.1) is 11.6 Å². The minimum absolute atomic E-state index is 0.643. The predicted octanol–water partition coefficient (Wildman–Crippen LogP) is 10.4. The van der Waals surface area contributed by atoms with Crippen molar-refractivity contribution in [3.63, 3.8) is 0 Å². The van der Waals surface area contributed by atoms with Crippen molar-refractivity contribution in [1.82, 2.24) is 0 Å². The molecule has 6 aromatic carbocycles. The summed E-state index contributed by atoms with van der Waals surface area (Å²) in [5.74, 6) is 0. The first-order chi connectivity index (χ1) is 19.8. The maximum Gasteiger partial charge on any atom is 0.136 e. The highest BCUT2D eigenvalue weighted by Crippen LogP contribution is 2.42. The van der Waals surface area contributed by atoms with Crippen molar-refractivity contribution in [2.45, 2.75) is 0 Å². The zero-order valence-electron chi connectivity index (χ0n) is 21.4. The molecular weight excluding hydrogens is 490 g/mol. The van der Waals surface area contributed by atoms with E-state index in [4.69, 9.17) is 8.83 Å². The van der Waals surface area contributed by atoms with Gasteiger partial charge in [-0.2, -0.15) is 5.26 Å². The lowest BCUT2D eigenvalue weighted by Crippen LogP contribution is -1.89. The normalized spacial score (nSPS) is 11.5. The van der Waals surface area contributed by atoms with Gasteiger partial charge in [-0.3, -0.25) is 0 Å². The summed E-state index contributed by atoms with van der Waals surface area (Å²) in [7, 11) is 0. The van der Waals surface area contributed by atoms with Gasteiger partial charge in [0.15, 0.2) is 0 Å². The van der Waals surface area contributed by atoms with Crippen LogP contribution in [0.1, 0.15) is 5.56 Å². The summed E-state index contributed by atoms with van der Waals surface area (Å²) in [5.41, 5.74) is 10.3. The van der Waals surface area contributed by atoms with Crippen LogP contribution < -0.4 is 0 Å². The van der Waals surface area contributed by atoms with E-state index in [0.29, 0.717) is 5.56 Å². The third-order valence-corrected chi connectivity index (χ3v) is 7.72. The van der Waals surface area contributed by atoms with Crippen molar-refractivity contribution in [2.24, 2.45) is 0 Å². The molecule has 2 aromatic heterocycles. The molecule has 8 rings (SSSR count). The van der Waals surface area contributed by atoms with Gasteiger partial charge in [-0.25, -0.2) is 0 Å². The van der Waals surface area contributed by atoms with E-state index in [-0.39, 0.29) is 0 Å². The second kappa shape index (κ2) is 8.73. The molecule has 0 amide bonds. The average molecular weight is 512 g/mol. The van der Waals surface area contributed by atoms with Gasteiger partial charge in [-0.05, 0) is 81.9 Å². The van der Waals surface area contributed by atoms with E-state index in [1.54, 1.807) is 0 Å². The van der Waals surface area contributed by atoms with E-state index in [1.807, 2.05) is 84.9 Å². The van der Waals surface area contributed by atoms with Crippen LogP contribution in [0, 0.1) is 11.3 Å². The maximum atomic E-state index is 9.94. The summed E-state index contributed by atoms with van der Waals surface area (Å²) in [6, 6.07) is 45.5. The predicted molar refractivity (Wildman–Crippen MR) is 162 cm³/mol. The quantitative estimate of drug-likeness (QED) is 0.237. The molecule has 0 unspecified atom stereocenters. The molecule has 186 valence electrons. The fourth-order valence-corrected chi connectivity index (χ4v) is 5.96.